The average Bonchev–Trinajstić information content (AvgIpc) is 3.24. The number of hydrogen-bond acceptors (Lipinski definition) is 5. The summed E-state index contributed by atoms with van der Waals surface area (Å²) >= 11 is 18.6. The summed E-state index contributed by atoms with van der Waals surface area (Å²) in [5.41, 5.74) is 4.43. The fourth-order valence-electron chi connectivity index (χ4n) is 3.17. The number of para-hydroxylation sites is 1. The highest BCUT2D eigenvalue weighted by atomic mass is 35.5. The summed E-state index contributed by atoms with van der Waals surface area (Å²) in [6, 6.07) is 17.5. The molecule has 6 nitrogen and oxygen atoms in total. The Morgan fingerprint density at radius 1 is 1.03 bits per heavy atom. The molecule has 0 aliphatic heterocycles. The van der Waals surface area contributed by atoms with Gasteiger partial charge < -0.3 is 13.9 Å². The molecule has 0 saturated heterocycles. The Bertz CT molecular complexity index is 1330. The molecule has 1 amide bonds. The molecule has 4 rings (SSSR count). The van der Waals surface area contributed by atoms with E-state index < -0.39 is 5.91 Å². The molecular formula is C25H19Cl3N2O4. The lowest BCUT2D eigenvalue weighted by molar-refractivity contribution is 0.0929. The highest BCUT2D eigenvalue weighted by molar-refractivity contribution is 6.35. The quantitative estimate of drug-likeness (QED) is 0.199. The van der Waals surface area contributed by atoms with Gasteiger partial charge in [0.1, 0.15) is 12.2 Å². The molecule has 0 unspecified atom stereocenters. The van der Waals surface area contributed by atoms with Gasteiger partial charge in [0, 0.05) is 21.0 Å². The van der Waals surface area contributed by atoms with Crippen molar-refractivity contribution in [2.24, 2.45) is 5.10 Å². The molecule has 174 valence electrons. The van der Waals surface area contributed by atoms with Crippen LogP contribution in [0.1, 0.15) is 28.6 Å². The number of fused-ring (bicyclic) bond motifs is 1. The van der Waals surface area contributed by atoms with Gasteiger partial charge in [-0.15, -0.1) is 0 Å². The van der Waals surface area contributed by atoms with Crippen molar-refractivity contribution in [1.29, 1.82) is 0 Å². The van der Waals surface area contributed by atoms with E-state index in [-0.39, 0.29) is 12.4 Å². The summed E-state index contributed by atoms with van der Waals surface area (Å²) in [5, 5.41) is 6.19. The van der Waals surface area contributed by atoms with Crippen molar-refractivity contribution in [1.82, 2.24) is 5.43 Å². The van der Waals surface area contributed by atoms with Crippen LogP contribution >= 0.6 is 34.8 Å². The molecule has 1 N–H and O–H groups in total. The highest BCUT2D eigenvalue weighted by Crippen LogP contribution is 2.37. The van der Waals surface area contributed by atoms with Gasteiger partial charge in [0.2, 0.25) is 0 Å². The fraction of sp³-hybridized carbons (Fsp3) is 0.120. The van der Waals surface area contributed by atoms with Crippen LogP contribution in [0.4, 0.5) is 0 Å². The number of amides is 1. The van der Waals surface area contributed by atoms with Crippen molar-refractivity contribution in [3.05, 3.63) is 92.6 Å². The predicted molar refractivity (Wildman–Crippen MR) is 135 cm³/mol. The largest absolute Gasteiger partial charge is 0.490 e. The van der Waals surface area contributed by atoms with E-state index in [9.17, 15) is 4.79 Å². The smallest absolute Gasteiger partial charge is 0.307 e. The summed E-state index contributed by atoms with van der Waals surface area (Å²) in [4.78, 5) is 12.4. The number of carbonyl (C=O) groups excluding carboxylic acids is 1. The molecule has 4 aromatic rings. The van der Waals surface area contributed by atoms with Gasteiger partial charge in [-0.05, 0) is 48.9 Å². The summed E-state index contributed by atoms with van der Waals surface area (Å²) < 4.78 is 17.1. The van der Waals surface area contributed by atoms with Crippen LogP contribution in [0.15, 0.2) is 70.2 Å². The third-order valence-electron chi connectivity index (χ3n) is 4.75. The van der Waals surface area contributed by atoms with Gasteiger partial charge in [0.15, 0.2) is 17.3 Å². The van der Waals surface area contributed by atoms with Crippen LogP contribution < -0.4 is 14.9 Å². The number of hydrazone groups is 1. The SMILES string of the molecule is CCOc1cc(/C=N/NC(=O)c2cc3ccccc3o2)cc(Cl)c1OCc1ccc(Cl)cc1Cl. The highest BCUT2D eigenvalue weighted by Gasteiger charge is 2.14. The summed E-state index contributed by atoms with van der Waals surface area (Å²) in [6.45, 7) is 2.43. The van der Waals surface area contributed by atoms with Crippen molar-refractivity contribution < 1.29 is 18.7 Å². The van der Waals surface area contributed by atoms with E-state index in [0.29, 0.717) is 44.3 Å². The fourth-order valence-corrected chi connectivity index (χ4v) is 3.91. The van der Waals surface area contributed by atoms with Crippen molar-refractivity contribution >= 4 is 57.9 Å². The number of nitrogens with zero attached hydrogens (tertiary/aromatic N) is 1. The van der Waals surface area contributed by atoms with E-state index in [1.807, 2.05) is 25.1 Å². The first-order valence-corrected chi connectivity index (χ1v) is 11.4. The van der Waals surface area contributed by atoms with Gasteiger partial charge in [-0.2, -0.15) is 5.10 Å². The van der Waals surface area contributed by atoms with Crippen LogP contribution in [-0.2, 0) is 6.61 Å². The van der Waals surface area contributed by atoms with E-state index in [1.165, 1.54) is 6.21 Å². The van der Waals surface area contributed by atoms with Gasteiger partial charge in [0.05, 0.1) is 17.8 Å². The Morgan fingerprint density at radius 2 is 1.85 bits per heavy atom. The van der Waals surface area contributed by atoms with Gasteiger partial charge >= 0.3 is 5.91 Å². The van der Waals surface area contributed by atoms with E-state index in [2.05, 4.69) is 10.5 Å². The molecule has 34 heavy (non-hydrogen) atoms. The molecule has 0 spiro atoms. The first-order chi connectivity index (χ1) is 16.4. The lowest BCUT2D eigenvalue weighted by Gasteiger charge is -2.15. The molecule has 1 heterocycles. The minimum atomic E-state index is -0.469. The number of carbonyl (C=O) groups is 1. The van der Waals surface area contributed by atoms with Crippen LogP contribution in [0.25, 0.3) is 11.0 Å². The minimum Gasteiger partial charge on any atom is -0.490 e. The Hall–Kier alpha value is -3.19. The van der Waals surface area contributed by atoms with Gasteiger partial charge in [-0.25, -0.2) is 5.43 Å². The lowest BCUT2D eigenvalue weighted by Crippen LogP contribution is -2.16. The van der Waals surface area contributed by atoms with Crippen LogP contribution in [0.3, 0.4) is 0 Å². The third-order valence-corrected chi connectivity index (χ3v) is 5.62. The number of rotatable bonds is 8. The molecular weight excluding hydrogens is 499 g/mol. The molecule has 0 radical (unpaired) electrons. The summed E-state index contributed by atoms with van der Waals surface area (Å²) in [7, 11) is 0. The van der Waals surface area contributed by atoms with Gasteiger partial charge in [-0.3, -0.25) is 4.79 Å². The number of benzene rings is 3. The minimum absolute atomic E-state index is 0.163. The maximum Gasteiger partial charge on any atom is 0.307 e. The van der Waals surface area contributed by atoms with Crippen LogP contribution in [0.2, 0.25) is 15.1 Å². The zero-order chi connectivity index (χ0) is 24.1. The first-order valence-electron chi connectivity index (χ1n) is 10.3. The second-order valence-electron chi connectivity index (χ2n) is 7.14. The summed E-state index contributed by atoms with van der Waals surface area (Å²) in [5.74, 6) is 0.502. The molecule has 0 aliphatic rings. The maximum atomic E-state index is 12.4. The van der Waals surface area contributed by atoms with E-state index >= 15 is 0 Å². The first kappa shape index (κ1) is 24.0. The van der Waals surface area contributed by atoms with E-state index in [0.717, 1.165) is 10.9 Å². The standard InChI is InChI=1S/C25H19Cl3N2O4/c1-2-32-22-10-15(9-20(28)24(22)33-14-17-7-8-18(26)12-19(17)27)13-29-30-25(31)23-11-16-5-3-4-6-21(16)34-23/h3-13H,2,14H2,1H3,(H,30,31)/b29-13+. The van der Waals surface area contributed by atoms with Gasteiger partial charge in [-0.1, -0.05) is 59.1 Å². The Labute approximate surface area is 211 Å². The average molecular weight is 518 g/mol. The second kappa shape index (κ2) is 10.8. The Morgan fingerprint density at radius 3 is 2.62 bits per heavy atom. The van der Waals surface area contributed by atoms with Gasteiger partial charge in [0.25, 0.3) is 0 Å². The maximum absolute atomic E-state index is 12.4. The molecule has 1 aromatic heterocycles. The predicted octanol–water partition coefficient (Wildman–Crippen LogP) is 7.13. The number of hydrogen-bond donors (Lipinski definition) is 1. The van der Waals surface area contributed by atoms with Crippen molar-refractivity contribution in [2.45, 2.75) is 13.5 Å². The normalized spacial score (nSPS) is 11.2. The van der Waals surface area contributed by atoms with Crippen molar-refractivity contribution in [3.8, 4) is 11.5 Å². The molecule has 0 saturated carbocycles. The van der Waals surface area contributed by atoms with Crippen molar-refractivity contribution in [2.75, 3.05) is 6.61 Å². The monoisotopic (exact) mass is 516 g/mol. The Balaban J connectivity index is 1.47. The number of ether oxygens (including phenoxy) is 2. The molecule has 9 heteroatoms. The molecule has 3 aromatic carbocycles. The second-order valence-corrected chi connectivity index (χ2v) is 8.39. The van der Waals surface area contributed by atoms with Crippen LogP contribution in [0.5, 0.6) is 11.5 Å². The van der Waals surface area contributed by atoms with Crippen LogP contribution in [-0.4, -0.2) is 18.7 Å². The number of nitrogens with one attached hydrogen (secondary N) is 1. The Kier molecular flexibility index (Phi) is 7.63. The molecule has 0 atom stereocenters. The molecule has 0 bridgehead atoms. The zero-order valence-corrected chi connectivity index (χ0v) is 20.2. The molecule has 0 aliphatic carbocycles. The van der Waals surface area contributed by atoms with Crippen molar-refractivity contribution in [3.63, 3.8) is 0 Å². The summed E-state index contributed by atoms with van der Waals surface area (Å²) in [6.07, 6.45) is 1.45. The topological polar surface area (TPSA) is 73.1 Å². The van der Waals surface area contributed by atoms with E-state index in [4.69, 9.17) is 48.7 Å². The lowest BCUT2D eigenvalue weighted by atomic mass is 10.2. The van der Waals surface area contributed by atoms with E-state index in [1.54, 1.807) is 42.5 Å². The zero-order valence-electron chi connectivity index (χ0n) is 18.0. The van der Waals surface area contributed by atoms with Crippen LogP contribution in [0, 0.1) is 0 Å². The third kappa shape index (κ3) is 5.65. The number of halogens is 3. The number of furan rings is 1. The molecule has 0 fully saturated rings.